The number of carbonyl (C=O) groups is 2. The minimum Gasteiger partial charge on any atom is -0.496 e. The minimum atomic E-state index is -0.851. The van der Waals surface area contributed by atoms with Crippen molar-refractivity contribution in [3.63, 3.8) is 0 Å². The molecular weight excluding hydrogens is 360 g/mol. The third-order valence-electron chi connectivity index (χ3n) is 4.41. The summed E-state index contributed by atoms with van der Waals surface area (Å²) in [7, 11) is 1.61. The lowest BCUT2D eigenvalue weighted by Gasteiger charge is -2.35. The van der Waals surface area contributed by atoms with E-state index in [2.05, 4.69) is 21.2 Å². The molecule has 0 saturated heterocycles. The number of aryl methyl sites for hydroxylation is 1. The molecule has 0 bridgehead atoms. The third kappa shape index (κ3) is 4.47. The first-order valence-corrected chi connectivity index (χ1v) is 8.69. The Labute approximate surface area is 145 Å². The van der Waals surface area contributed by atoms with E-state index in [0.717, 1.165) is 35.0 Å². The number of primary amides is 1. The van der Waals surface area contributed by atoms with Crippen LogP contribution in [0.2, 0.25) is 0 Å². The Bertz CT molecular complexity index is 583. The molecule has 1 aliphatic carbocycles. The molecule has 0 atom stereocenters. The molecule has 0 unspecified atom stereocenters. The average molecular weight is 383 g/mol. The lowest BCUT2D eigenvalue weighted by Crippen LogP contribution is -2.58. The van der Waals surface area contributed by atoms with Gasteiger partial charge in [0, 0.05) is 6.42 Å². The Hall–Kier alpha value is -1.56. The van der Waals surface area contributed by atoms with Gasteiger partial charge in [-0.25, -0.2) is 0 Å². The molecule has 126 valence electrons. The summed E-state index contributed by atoms with van der Waals surface area (Å²) in [5.41, 5.74) is 5.72. The Kier molecular flexibility index (Phi) is 6.04. The fourth-order valence-electron chi connectivity index (χ4n) is 3.04. The van der Waals surface area contributed by atoms with Crippen LogP contribution in [0.3, 0.4) is 0 Å². The number of ether oxygens (including phenoxy) is 1. The molecule has 2 rings (SSSR count). The molecule has 0 heterocycles. The van der Waals surface area contributed by atoms with Gasteiger partial charge in [-0.15, -0.1) is 0 Å². The number of amides is 2. The summed E-state index contributed by atoms with van der Waals surface area (Å²) >= 11 is 3.43. The van der Waals surface area contributed by atoms with Crippen molar-refractivity contribution in [2.24, 2.45) is 5.73 Å². The van der Waals surface area contributed by atoms with Gasteiger partial charge < -0.3 is 15.8 Å². The molecule has 0 aliphatic heterocycles. The zero-order chi connectivity index (χ0) is 16.9. The van der Waals surface area contributed by atoms with Crippen molar-refractivity contribution in [1.82, 2.24) is 5.32 Å². The maximum atomic E-state index is 12.2. The zero-order valence-corrected chi connectivity index (χ0v) is 14.9. The number of nitrogens with two attached hydrogens (primary N) is 1. The maximum Gasteiger partial charge on any atom is 0.243 e. The molecule has 0 spiro atoms. The first-order chi connectivity index (χ1) is 11.0. The third-order valence-corrected chi connectivity index (χ3v) is 5.03. The van der Waals surface area contributed by atoms with Crippen LogP contribution in [0.1, 0.15) is 44.1 Å². The molecule has 2 amide bonds. The van der Waals surface area contributed by atoms with E-state index in [1.807, 2.05) is 18.2 Å². The maximum absolute atomic E-state index is 12.2. The number of rotatable bonds is 6. The summed E-state index contributed by atoms with van der Waals surface area (Å²) in [5.74, 6) is 0.212. The Morgan fingerprint density at radius 3 is 2.57 bits per heavy atom. The van der Waals surface area contributed by atoms with Crippen LogP contribution in [0.5, 0.6) is 5.75 Å². The number of hydrogen-bond donors (Lipinski definition) is 2. The first-order valence-electron chi connectivity index (χ1n) is 7.90. The molecule has 23 heavy (non-hydrogen) atoms. The molecule has 5 nitrogen and oxygen atoms in total. The van der Waals surface area contributed by atoms with Crippen molar-refractivity contribution < 1.29 is 14.3 Å². The molecule has 0 radical (unpaired) electrons. The Morgan fingerprint density at radius 2 is 2.00 bits per heavy atom. The Balaban J connectivity index is 1.94. The van der Waals surface area contributed by atoms with Crippen LogP contribution in [0.4, 0.5) is 0 Å². The second kappa shape index (κ2) is 7.81. The van der Waals surface area contributed by atoms with Crippen LogP contribution in [-0.4, -0.2) is 24.5 Å². The van der Waals surface area contributed by atoms with E-state index in [9.17, 15) is 9.59 Å². The number of benzene rings is 1. The number of nitrogens with one attached hydrogen (secondary N) is 1. The van der Waals surface area contributed by atoms with Gasteiger partial charge in [-0.05, 0) is 52.9 Å². The molecule has 6 heteroatoms. The van der Waals surface area contributed by atoms with E-state index in [0.29, 0.717) is 25.7 Å². The topological polar surface area (TPSA) is 81.4 Å². The minimum absolute atomic E-state index is 0.127. The van der Waals surface area contributed by atoms with Crippen LogP contribution < -0.4 is 15.8 Å². The van der Waals surface area contributed by atoms with Gasteiger partial charge in [-0.2, -0.15) is 0 Å². The van der Waals surface area contributed by atoms with Crippen LogP contribution in [0, 0.1) is 0 Å². The van der Waals surface area contributed by atoms with Gasteiger partial charge in [0.1, 0.15) is 11.3 Å². The van der Waals surface area contributed by atoms with Crippen molar-refractivity contribution in [2.45, 2.75) is 50.5 Å². The second-order valence-electron chi connectivity index (χ2n) is 6.02. The van der Waals surface area contributed by atoms with Gasteiger partial charge in [0.05, 0.1) is 11.6 Å². The van der Waals surface area contributed by atoms with Crippen molar-refractivity contribution >= 4 is 27.7 Å². The molecule has 1 fully saturated rings. The van der Waals surface area contributed by atoms with Crippen molar-refractivity contribution in [1.29, 1.82) is 0 Å². The van der Waals surface area contributed by atoms with E-state index in [-0.39, 0.29) is 5.91 Å². The fourth-order valence-corrected chi connectivity index (χ4v) is 3.63. The van der Waals surface area contributed by atoms with E-state index < -0.39 is 11.4 Å². The highest BCUT2D eigenvalue weighted by atomic mass is 79.9. The summed E-state index contributed by atoms with van der Waals surface area (Å²) in [4.78, 5) is 24.0. The fraction of sp³-hybridized carbons (Fsp3) is 0.529. The Morgan fingerprint density at radius 1 is 1.30 bits per heavy atom. The van der Waals surface area contributed by atoms with Gasteiger partial charge in [0.25, 0.3) is 0 Å². The molecular formula is C17H23BrN2O3. The number of halogens is 1. The standard InChI is InChI=1S/C17H23BrN2O3/c1-23-14-7-5-12(11-13(14)18)6-8-15(21)20-17(16(19)22)9-3-2-4-10-17/h5,7,11H,2-4,6,8-10H2,1H3,(H2,19,22)(H,20,21). The van der Waals surface area contributed by atoms with Crippen LogP contribution in [0.25, 0.3) is 0 Å². The smallest absolute Gasteiger partial charge is 0.243 e. The first kappa shape index (κ1) is 17.8. The predicted molar refractivity (Wildman–Crippen MR) is 92.2 cm³/mol. The highest BCUT2D eigenvalue weighted by Crippen LogP contribution is 2.28. The summed E-state index contributed by atoms with van der Waals surface area (Å²) in [6.07, 6.45) is 5.15. The molecule has 0 aromatic heterocycles. The number of hydrogen-bond acceptors (Lipinski definition) is 3. The van der Waals surface area contributed by atoms with Gasteiger partial charge in [-0.1, -0.05) is 25.3 Å². The summed E-state index contributed by atoms with van der Waals surface area (Å²) in [5, 5.41) is 2.89. The number of carbonyl (C=O) groups excluding carboxylic acids is 2. The van der Waals surface area contributed by atoms with E-state index in [1.165, 1.54) is 0 Å². The second-order valence-corrected chi connectivity index (χ2v) is 6.88. The van der Waals surface area contributed by atoms with Crippen molar-refractivity contribution in [2.75, 3.05) is 7.11 Å². The molecule has 1 aromatic carbocycles. The van der Waals surface area contributed by atoms with E-state index >= 15 is 0 Å². The normalized spacial score (nSPS) is 16.6. The zero-order valence-electron chi connectivity index (χ0n) is 13.4. The lowest BCUT2D eigenvalue weighted by atomic mass is 9.81. The van der Waals surface area contributed by atoms with Crippen molar-refractivity contribution in [3.8, 4) is 5.75 Å². The van der Waals surface area contributed by atoms with Gasteiger partial charge in [-0.3, -0.25) is 9.59 Å². The number of methoxy groups -OCH3 is 1. The van der Waals surface area contributed by atoms with E-state index in [1.54, 1.807) is 7.11 Å². The van der Waals surface area contributed by atoms with E-state index in [4.69, 9.17) is 10.5 Å². The van der Waals surface area contributed by atoms with Crippen LogP contribution in [-0.2, 0) is 16.0 Å². The van der Waals surface area contributed by atoms with Gasteiger partial charge in [0.15, 0.2) is 0 Å². The summed E-state index contributed by atoms with van der Waals surface area (Å²) in [6.45, 7) is 0. The predicted octanol–water partition coefficient (Wildman–Crippen LogP) is 2.69. The van der Waals surface area contributed by atoms with Crippen LogP contribution in [0.15, 0.2) is 22.7 Å². The molecule has 3 N–H and O–H groups in total. The summed E-state index contributed by atoms with van der Waals surface area (Å²) < 4.78 is 6.05. The molecule has 1 aromatic rings. The lowest BCUT2D eigenvalue weighted by molar-refractivity contribution is -0.132. The molecule has 1 saturated carbocycles. The van der Waals surface area contributed by atoms with Gasteiger partial charge in [0.2, 0.25) is 11.8 Å². The average Bonchev–Trinajstić information content (AvgIpc) is 2.54. The molecule has 1 aliphatic rings. The largest absolute Gasteiger partial charge is 0.496 e. The van der Waals surface area contributed by atoms with Crippen LogP contribution >= 0.6 is 15.9 Å². The quantitative estimate of drug-likeness (QED) is 0.793. The van der Waals surface area contributed by atoms with Crippen molar-refractivity contribution in [3.05, 3.63) is 28.2 Å². The monoisotopic (exact) mass is 382 g/mol. The van der Waals surface area contributed by atoms with Gasteiger partial charge >= 0.3 is 0 Å². The SMILES string of the molecule is COc1ccc(CCC(=O)NC2(C(N)=O)CCCCC2)cc1Br. The highest BCUT2D eigenvalue weighted by Gasteiger charge is 2.38. The highest BCUT2D eigenvalue weighted by molar-refractivity contribution is 9.10. The summed E-state index contributed by atoms with van der Waals surface area (Å²) in [6, 6.07) is 5.74.